The number of epoxide rings is 2. The molecule has 4 N–H and O–H groups in total. The van der Waals surface area contributed by atoms with Crippen LogP contribution >= 0.6 is 0 Å². The first kappa shape index (κ1) is 40.8. The number of esters is 1. The minimum Gasteiger partial charge on any atom is -0.460 e. The first-order valence-corrected chi connectivity index (χ1v) is 17.2. The van der Waals surface area contributed by atoms with Crippen LogP contribution in [0.5, 0.6) is 0 Å². The quantitative estimate of drug-likeness (QED) is 0.0241. The van der Waals surface area contributed by atoms with Gasteiger partial charge in [-0.25, -0.2) is 5.43 Å². The Balaban J connectivity index is 1.18. The molecule has 6 atom stereocenters. The molecule has 3 rings (SSSR count). The number of amides is 1. The van der Waals surface area contributed by atoms with Crippen molar-refractivity contribution < 1.29 is 52.4 Å². The van der Waals surface area contributed by atoms with Gasteiger partial charge in [-0.05, 0) is 53.4 Å². The van der Waals surface area contributed by atoms with Gasteiger partial charge in [0.1, 0.15) is 29.2 Å². The van der Waals surface area contributed by atoms with Gasteiger partial charge in [-0.3, -0.25) is 29.4 Å². The van der Waals surface area contributed by atoms with Crippen molar-refractivity contribution in [3.63, 3.8) is 0 Å². The van der Waals surface area contributed by atoms with Crippen LogP contribution in [0.4, 0.5) is 0 Å². The zero-order chi connectivity index (χ0) is 35.9. The Bertz CT molecular complexity index is 1160. The highest BCUT2D eigenvalue weighted by molar-refractivity contribution is 6.38. The van der Waals surface area contributed by atoms with Crippen molar-refractivity contribution in [3.8, 4) is 0 Å². The van der Waals surface area contributed by atoms with Gasteiger partial charge in [-0.15, -0.1) is 0 Å². The summed E-state index contributed by atoms with van der Waals surface area (Å²) in [5.74, 6) is -1.87. The molecular weight excluding hydrogens is 640 g/mol. The maximum absolute atomic E-state index is 12.7. The number of hydrogen-bond acceptors (Lipinski definition) is 14. The van der Waals surface area contributed by atoms with Crippen LogP contribution in [-0.4, -0.2) is 132 Å². The van der Waals surface area contributed by atoms with Crippen LogP contribution in [0.3, 0.4) is 0 Å². The first-order valence-electron chi connectivity index (χ1n) is 17.2. The number of hydrazine groups is 1. The van der Waals surface area contributed by atoms with Crippen LogP contribution in [0.1, 0.15) is 66.2 Å². The molecule has 0 bridgehead atoms. The molecule has 15 nitrogen and oxygen atoms in total. The van der Waals surface area contributed by atoms with E-state index in [2.05, 4.69) is 48.3 Å². The van der Waals surface area contributed by atoms with Gasteiger partial charge in [0.05, 0.1) is 58.1 Å². The molecule has 1 aliphatic carbocycles. The van der Waals surface area contributed by atoms with E-state index in [4.69, 9.17) is 28.4 Å². The van der Waals surface area contributed by atoms with Crippen LogP contribution in [0.2, 0.25) is 0 Å². The van der Waals surface area contributed by atoms with E-state index in [9.17, 15) is 24.0 Å². The Kier molecular flexibility index (Phi) is 16.9. The van der Waals surface area contributed by atoms with Crippen molar-refractivity contribution >= 4 is 29.2 Å². The molecule has 0 aromatic carbocycles. The minimum absolute atomic E-state index is 0.0151. The Morgan fingerprint density at radius 3 is 2.27 bits per heavy atom. The summed E-state index contributed by atoms with van der Waals surface area (Å²) in [5, 5.41) is 5.48. The number of carbonyl (C=O) groups is 5. The van der Waals surface area contributed by atoms with Gasteiger partial charge >= 0.3 is 5.97 Å². The fourth-order valence-electron chi connectivity index (χ4n) is 6.22. The van der Waals surface area contributed by atoms with Crippen molar-refractivity contribution in [1.29, 1.82) is 0 Å². The van der Waals surface area contributed by atoms with E-state index in [1.807, 2.05) is 0 Å². The Morgan fingerprint density at radius 1 is 0.898 bits per heavy atom. The van der Waals surface area contributed by atoms with Crippen LogP contribution in [-0.2, 0) is 52.4 Å². The summed E-state index contributed by atoms with van der Waals surface area (Å²) in [4.78, 5) is 59.0. The fourth-order valence-corrected chi connectivity index (χ4v) is 6.22. The van der Waals surface area contributed by atoms with Gasteiger partial charge < -0.3 is 39.1 Å². The van der Waals surface area contributed by atoms with E-state index in [0.29, 0.717) is 52.4 Å². The van der Waals surface area contributed by atoms with Gasteiger partial charge in [-0.1, -0.05) is 11.6 Å². The lowest BCUT2D eigenvalue weighted by atomic mass is 9.68. The summed E-state index contributed by atoms with van der Waals surface area (Å²) in [5.41, 5.74) is 5.66. The lowest BCUT2D eigenvalue weighted by Crippen LogP contribution is -2.55. The monoisotopic (exact) mass is 696 g/mol. The number of nitrogens with one attached hydrogen (secondary N) is 4. The lowest BCUT2D eigenvalue weighted by molar-refractivity contribution is -0.172. The molecule has 1 spiro atoms. The minimum atomic E-state index is -0.633. The number of carbonyl (C=O) groups excluding carboxylic acids is 5. The Hall–Kier alpha value is -2.63. The van der Waals surface area contributed by atoms with E-state index in [1.165, 1.54) is 12.5 Å². The van der Waals surface area contributed by atoms with Gasteiger partial charge in [0.25, 0.3) is 0 Å². The number of hydrogen-bond donors (Lipinski definition) is 4. The average molecular weight is 697 g/mol. The Morgan fingerprint density at radius 2 is 1.59 bits per heavy atom. The third kappa shape index (κ3) is 13.5. The number of ether oxygens (including phenoxy) is 6. The van der Waals surface area contributed by atoms with Crippen molar-refractivity contribution in [2.75, 3.05) is 72.9 Å². The Labute approximate surface area is 289 Å². The topological polar surface area (TPSA) is 195 Å². The number of methoxy groups -OCH3 is 1. The smallest absolute Gasteiger partial charge is 0.306 e. The second-order valence-electron chi connectivity index (χ2n) is 13.3. The standard InChI is InChI=1S/C34H56N4O11/c1-23(2)8-9-28-33(4,49-28)32-31(44-5)27(10-12-34(32)22-47-34)48-30(43)7-6-15-45-17-18-46-16-14-36-29(42)11-13-35-20-25(40)26(41)21-38-37-19-24(3)39/h8,27-28,31-32,35,37-38H,6-7,9-22H2,1-5H3,(H,36,42)/t27?,28-,31?,32?,33-,34+/m1/s1. The highest BCUT2D eigenvalue weighted by atomic mass is 16.6. The molecule has 3 unspecified atom stereocenters. The first-order chi connectivity index (χ1) is 23.4. The van der Waals surface area contributed by atoms with Crippen molar-refractivity contribution in [2.24, 2.45) is 5.92 Å². The molecule has 1 saturated carbocycles. The SMILES string of the molecule is COC1C(OC(=O)CCCOCCOCCNC(=O)CCNCC(=O)C(=O)CNNCC(C)=O)CC[C@]2(CO2)C1[C@]1(C)O[C@@H]1CC=C(C)C. The summed E-state index contributed by atoms with van der Waals surface area (Å²) < 4.78 is 35.1. The number of allylic oxidation sites excluding steroid dienone is 1. The van der Waals surface area contributed by atoms with E-state index < -0.39 is 11.6 Å². The number of ketones is 3. The second-order valence-corrected chi connectivity index (χ2v) is 13.3. The predicted molar refractivity (Wildman–Crippen MR) is 177 cm³/mol. The van der Waals surface area contributed by atoms with Gasteiger partial charge in [-0.2, -0.15) is 0 Å². The molecule has 2 heterocycles. The van der Waals surface area contributed by atoms with Crippen LogP contribution in [0.15, 0.2) is 11.6 Å². The molecule has 0 aromatic heterocycles. The molecule has 0 aromatic rings. The highest BCUT2D eigenvalue weighted by Gasteiger charge is 2.72. The lowest BCUT2D eigenvalue weighted by Gasteiger charge is -2.42. The molecule has 2 aliphatic heterocycles. The molecule has 1 amide bonds. The molecule has 0 radical (unpaired) electrons. The molecule has 15 heteroatoms. The van der Waals surface area contributed by atoms with E-state index in [0.717, 1.165) is 12.8 Å². The molecule has 3 aliphatic rings. The zero-order valence-electron chi connectivity index (χ0n) is 29.7. The van der Waals surface area contributed by atoms with E-state index >= 15 is 0 Å². The summed E-state index contributed by atoms with van der Waals surface area (Å²) in [7, 11) is 1.66. The third-order valence-corrected chi connectivity index (χ3v) is 8.97. The predicted octanol–water partition coefficient (Wildman–Crippen LogP) is 0.337. The van der Waals surface area contributed by atoms with Gasteiger partial charge in [0.15, 0.2) is 0 Å². The molecular formula is C34H56N4O11. The normalized spacial score (nSPS) is 27.0. The van der Waals surface area contributed by atoms with Crippen LogP contribution in [0.25, 0.3) is 0 Å². The number of rotatable bonds is 26. The maximum Gasteiger partial charge on any atom is 0.306 e. The fraction of sp³-hybridized carbons (Fsp3) is 0.794. The summed E-state index contributed by atoms with van der Waals surface area (Å²) >= 11 is 0. The average Bonchev–Trinajstić information content (AvgIpc) is 3.98. The van der Waals surface area contributed by atoms with Crippen molar-refractivity contribution in [3.05, 3.63) is 11.6 Å². The van der Waals surface area contributed by atoms with Crippen LogP contribution < -0.4 is 21.5 Å². The maximum atomic E-state index is 12.7. The number of Topliss-reactive ketones (excluding diaryl/α,β-unsaturated/α-hetero) is 3. The van der Waals surface area contributed by atoms with Gasteiger partial charge in [0.2, 0.25) is 17.5 Å². The summed E-state index contributed by atoms with van der Waals surface area (Å²) in [6.07, 6.45) is 4.85. The molecule has 2 saturated heterocycles. The summed E-state index contributed by atoms with van der Waals surface area (Å²) in [6.45, 7) is 9.95. The van der Waals surface area contributed by atoms with Crippen LogP contribution in [0, 0.1) is 5.92 Å². The molecule has 3 fully saturated rings. The third-order valence-electron chi connectivity index (χ3n) is 8.97. The molecule has 278 valence electrons. The van der Waals surface area contributed by atoms with Gasteiger partial charge in [0, 0.05) is 39.6 Å². The molecule has 49 heavy (non-hydrogen) atoms. The highest BCUT2D eigenvalue weighted by Crippen LogP contribution is 2.59. The summed E-state index contributed by atoms with van der Waals surface area (Å²) in [6, 6.07) is 0. The largest absolute Gasteiger partial charge is 0.460 e. The zero-order valence-corrected chi connectivity index (χ0v) is 29.7. The van der Waals surface area contributed by atoms with E-state index in [-0.39, 0.29) is 92.1 Å². The van der Waals surface area contributed by atoms with Crippen molar-refractivity contribution in [2.45, 2.75) is 95.7 Å². The van der Waals surface area contributed by atoms with E-state index in [1.54, 1.807) is 7.11 Å². The second kappa shape index (κ2) is 20.3. The van der Waals surface area contributed by atoms with Crippen molar-refractivity contribution in [1.82, 2.24) is 21.5 Å².